The van der Waals surface area contributed by atoms with Gasteiger partial charge in [0.15, 0.2) is 11.5 Å². The number of hydrogen-bond acceptors (Lipinski definition) is 3. The lowest BCUT2D eigenvalue weighted by molar-refractivity contribution is 0.383. The van der Waals surface area contributed by atoms with Gasteiger partial charge in [0, 0.05) is 5.56 Å². The van der Waals surface area contributed by atoms with Crippen LogP contribution in [0, 0.1) is 17.1 Å². The molecule has 0 spiro atoms. The fourth-order valence-corrected chi connectivity index (χ4v) is 1.51. The van der Waals surface area contributed by atoms with Crippen molar-refractivity contribution in [2.45, 2.75) is 18.3 Å². The largest absolute Gasteiger partial charge is 0.505 e. The van der Waals surface area contributed by atoms with Gasteiger partial charge >= 0.3 is 0 Å². The molecule has 1 aliphatic rings. The average molecular weight is 193 g/mol. The Bertz CT molecular complexity index is 432. The molecule has 0 bridgehead atoms. The molecular formula is C10H8FNO2. The Hall–Kier alpha value is -1.76. The van der Waals surface area contributed by atoms with Crippen LogP contribution < -0.4 is 0 Å². The van der Waals surface area contributed by atoms with Crippen molar-refractivity contribution in [3.63, 3.8) is 0 Å². The molecule has 1 aromatic carbocycles. The van der Waals surface area contributed by atoms with Crippen molar-refractivity contribution in [2.24, 2.45) is 0 Å². The van der Waals surface area contributed by atoms with Crippen molar-refractivity contribution in [2.75, 3.05) is 0 Å². The van der Waals surface area contributed by atoms with E-state index in [0.717, 1.165) is 6.07 Å². The van der Waals surface area contributed by atoms with Crippen LogP contribution in [0.15, 0.2) is 12.1 Å². The van der Waals surface area contributed by atoms with E-state index < -0.39 is 22.7 Å². The van der Waals surface area contributed by atoms with Crippen LogP contribution in [0.25, 0.3) is 0 Å². The number of phenolic OH excluding ortho intramolecular Hbond substituents is 2. The summed E-state index contributed by atoms with van der Waals surface area (Å²) >= 11 is 0. The zero-order valence-electron chi connectivity index (χ0n) is 7.29. The summed E-state index contributed by atoms with van der Waals surface area (Å²) in [6.45, 7) is 0. The maximum absolute atomic E-state index is 13.1. The third kappa shape index (κ3) is 1.02. The highest BCUT2D eigenvalue weighted by Gasteiger charge is 2.47. The van der Waals surface area contributed by atoms with Crippen molar-refractivity contribution in [1.29, 1.82) is 5.26 Å². The molecule has 3 nitrogen and oxygen atoms in total. The predicted octanol–water partition coefficient (Wildman–Crippen LogP) is 1.79. The van der Waals surface area contributed by atoms with Gasteiger partial charge in [-0.3, -0.25) is 0 Å². The van der Waals surface area contributed by atoms with E-state index in [1.165, 1.54) is 6.07 Å². The number of rotatable bonds is 1. The summed E-state index contributed by atoms with van der Waals surface area (Å²) in [6, 6.07) is 4.60. The lowest BCUT2D eigenvalue weighted by Crippen LogP contribution is -2.03. The predicted molar refractivity (Wildman–Crippen MR) is 46.3 cm³/mol. The molecule has 0 atom stereocenters. The highest BCUT2D eigenvalue weighted by Crippen LogP contribution is 2.51. The molecule has 2 N–H and O–H groups in total. The zero-order chi connectivity index (χ0) is 10.3. The maximum Gasteiger partial charge on any atom is 0.206 e. The van der Waals surface area contributed by atoms with Crippen LogP contribution >= 0.6 is 0 Å². The Labute approximate surface area is 80.0 Å². The molecule has 0 aliphatic heterocycles. The molecule has 72 valence electrons. The second kappa shape index (κ2) is 2.61. The van der Waals surface area contributed by atoms with Crippen LogP contribution in [0.4, 0.5) is 4.39 Å². The lowest BCUT2D eigenvalue weighted by Gasteiger charge is -2.09. The van der Waals surface area contributed by atoms with Gasteiger partial charge in [-0.15, -0.1) is 0 Å². The first-order valence-corrected chi connectivity index (χ1v) is 4.23. The molecule has 1 aliphatic carbocycles. The summed E-state index contributed by atoms with van der Waals surface area (Å²) in [5, 5.41) is 27.2. The van der Waals surface area contributed by atoms with E-state index in [-0.39, 0.29) is 5.56 Å². The van der Waals surface area contributed by atoms with Gasteiger partial charge in [0.25, 0.3) is 0 Å². The molecule has 0 radical (unpaired) electrons. The van der Waals surface area contributed by atoms with Crippen molar-refractivity contribution >= 4 is 0 Å². The van der Waals surface area contributed by atoms with Gasteiger partial charge in [-0.2, -0.15) is 9.65 Å². The van der Waals surface area contributed by atoms with Gasteiger partial charge in [0.2, 0.25) is 5.82 Å². The van der Waals surface area contributed by atoms with Gasteiger partial charge in [0.05, 0.1) is 11.5 Å². The van der Waals surface area contributed by atoms with Crippen molar-refractivity contribution < 1.29 is 14.6 Å². The Kier molecular flexibility index (Phi) is 1.65. The molecule has 1 fully saturated rings. The van der Waals surface area contributed by atoms with E-state index in [4.69, 9.17) is 10.4 Å². The average Bonchev–Trinajstić information content (AvgIpc) is 2.95. The van der Waals surface area contributed by atoms with Crippen LogP contribution in [0.1, 0.15) is 18.4 Å². The smallest absolute Gasteiger partial charge is 0.206 e. The van der Waals surface area contributed by atoms with E-state index in [2.05, 4.69) is 0 Å². The van der Waals surface area contributed by atoms with Crippen molar-refractivity contribution in [3.05, 3.63) is 23.5 Å². The Morgan fingerprint density at radius 2 is 2.00 bits per heavy atom. The highest BCUT2D eigenvalue weighted by atomic mass is 19.1. The van der Waals surface area contributed by atoms with Crippen LogP contribution in [0.3, 0.4) is 0 Å². The summed E-state index contributed by atoms with van der Waals surface area (Å²) in [5.74, 6) is -2.26. The van der Waals surface area contributed by atoms with Gasteiger partial charge in [-0.05, 0) is 25.0 Å². The lowest BCUT2D eigenvalue weighted by atomic mass is 9.96. The molecule has 0 amide bonds. The second-order valence-corrected chi connectivity index (χ2v) is 3.49. The summed E-state index contributed by atoms with van der Waals surface area (Å²) < 4.78 is 13.1. The number of hydrogen-bond donors (Lipinski definition) is 2. The summed E-state index contributed by atoms with van der Waals surface area (Å²) in [7, 11) is 0. The normalized spacial score (nSPS) is 17.4. The summed E-state index contributed by atoms with van der Waals surface area (Å²) in [4.78, 5) is 0. The van der Waals surface area contributed by atoms with Crippen LogP contribution in [-0.4, -0.2) is 10.2 Å². The maximum atomic E-state index is 13.1. The van der Waals surface area contributed by atoms with E-state index in [0.29, 0.717) is 12.8 Å². The van der Waals surface area contributed by atoms with E-state index in [9.17, 15) is 9.50 Å². The van der Waals surface area contributed by atoms with Gasteiger partial charge in [0.1, 0.15) is 0 Å². The Morgan fingerprint density at radius 3 is 2.50 bits per heavy atom. The molecule has 14 heavy (non-hydrogen) atoms. The van der Waals surface area contributed by atoms with Gasteiger partial charge < -0.3 is 10.2 Å². The minimum Gasteiger partial charge on any atom is -0.505 e. The monoisotopic (exact) mass is 193 g/mol. The first kappa shape index (κ1) is 8.82. The Morgan fingerprint density at radius 1 is 1.36 bits per heavy atom. The van der Waals surface area contributed by atoms with E-state index in [1.807, 2.05) is 6.07 Å². The molecule has 1 aromatic rings. The molecular weight excluding hydrogens is 185 g/mol. The van der Waals surface area contributed by atoms with Crippen molar-refractivity contribution in [1.82, 2.24) is 0 Å². The van der Waals surface area contributed by atoms with Crippen molar-refractivity contribution in [3.8, 4) is 17.6 Å². The zero-order valence-corrected chi connectivity index (χ0v) is 7.29. The van der Waals surface area contributed by atoms with Crippen LogP contribution in [0.5, 0.6) is 11.5 Å². The topological polar surface area (TPSA) is 64.2 Å². The summed E-state index contributed by atoms with van der Waals surface area (Å²) in [5.41, 5.74) is -0.464. The SMILES string of the molecule is N#CC1(c2ccc(O)c(F)c2O)CC1. The minimum absolute atomic E-state index is 0.273. The highest BCUT2D eigenvalue weighted by molar-refractivity contribution is 5.51. The first-order chi connectivity index (χ1) is 6.60. The molecule has 1 saturated carbocycles. The van der Waals surface area contributed by atoms with E-state index in [1.54, 1.807) is 0 Å². The Balaban J connectivity index is 2.57. The molecule has 0 heterocycles. The quantitative estimate of drug-likeness (QED) is 0.714. The second-order valence-electron chi connectivity index (χ2n) is 3.49. The molecule has 0 aromatic heterocycles. The third-order valence-electron chi connectivity index (χ3n) is 2.58. The third-order valence-corrected chi connectivity index (χ3v) is 2.58. The number of halogens is 1. The molecule has 0 saturated heterocycles. The molecule has 2 rings (SSSR count). The first-order valence-electron chi connectivity index (χ1n) is 4.23. The van der Waals surface area contributed by atoms with Gasteiger partial charge in [-0.25, -0.2) is 0 Å². The fraction of sp³-hybridized carbons (Fsp3) is 0.300. The minimum atomic E-state index is -1.05. The number of nitriles is 1. The van der Waals surface area contributed by atoms with Gasteiger partial charge in [-0.1, -0.05) is 0 Å². The number of nitrogens with zero attached hydrogens (tertiary/aromatic N) is 1. The standard InChI is InChI=1S/C10H8FNO2/c11-8-7(13)2-1-6(9(8)14)10(5-12)3-4-10/h1-2,13-14H,3-4H2. The van der Waals surface area contributed by atoms with Crippen LogP contribution in [0.2, 0.25) is 0 Å². The number of phenols is 2. The molecule has 0 unspecified atom stereocenters. The van der Waals surface area contributed by atoms with Crippen LogP contribution in [-0.2, 0) is 5.41 Å². The number of aromatic hydroxyl groups is 2. The number of benzene rings is 1. The fourth-order valence-electron chi connectivity index (χ4n) is 1.51. The summed E-state index contributed by atoms with van der Waals surface area (Å²) in [6.07, 6.45) is 1.25. The molecule has 4 heteroatoms. The van der Waals surface area contributed by atoms with E-state index >= 15 is 0 Å².